The molecule has 0 aliphatic rings. The number of aromatic nitrogens is 4. The molecule has 0 radical (unpaired) electrons. The van der Waals surface area contributed by atoms with Gasteiger partial charge in [-0.1, -0.05) is 12.1 Å². The Bertz CT molecular complexity index is 788. The van der Waals surface area contributed by atoms with Crippen molar-refractivity contribution < 1.29 is 0 Å². The molecule has 0 aromatic carbocycles. The number of nitrogens with zero attached hydrogens (tertiary/aromatic N) is 8. The largest absolute Gasteiger partial charge is 0.255 e. The van der Waals surface area contributed by atoms with E-state index in [0.29, 0.717) is 11.6 Å². The molecule has 0 aliphatic heterocycles. The number of hydrogen-bond donors (Lipinski definition) is 0. The van der Waals surface area contributed by atoms with Gasteiger partial charge >= 0.3 is 0 Å². The Kier molecular flexibility index (Phi) is 5.56. The van der Waals surface area contributed by atoms with Gasteiger partial charge < -0.3 is 0 Å². The fourth-order valence-corrected chi connectivity index (χ4v) is 1.96. The molecule has 0 amide bonds. The van der Waals surface area contributed by atoms with Crippen molar-refractivity contribution in [2.75, 3.05) is 24.1 Å². The molecule has 8 nitrogen and oxygen atoms in total. The van der Waals surface area contributed by atoms with Crippen LogP contribution in [-0.2, 0) is 0 Å². The summed E-state index contributed by atoms with van der Waals surface area (Å²) in [6.07, 6.45) is 10.0. The predicted octanol–water partition coefficient (Wildman–Crippen LogP) is 2.21. The molecule has 0 saturated heterocycles. The van der Waals surface area contributed by atoms with Gasteiger partial charge in [-0.15, -0.1) is 0 Å². The summed E-state index contributed by atoms with van der Waals surface area (Å²) in [7, 11) is 3.60. The van der Waals surface area contributed by atoms with E-state index in [-0.39, 0.29) is 0 Å². The summed E-state index contributed by atoms with van der Waals surface area (Å²) >= 11 is 0. The molecule has 8 heteroatoms. The van der Waals surface area contributed by atoms with Crippen LogP contribution in [-0.4, -0.2) is 46.5 Å². The molecule has 0 unspecified atom stereocenters. The fourth-order valence-electron chi connectivity index (χ4n) is 1.96. The van der Waals surface area contributed by atoms with Crippen LogP contribution in [0.1, 0.15) is 11.4 Å². The lowest BCUT2D eigenvalue weighted by molar-refractivity contribution is 0.931. The van der Waals surface area contributed by atoms with Crippen molar-refractivity contribution >= 4 is 24.1 Å². The summed E-state index contributed by atoms with van der Waals surface area (Å²) in [6.45, 7) is 0. The highest BCUT2D eigenvalue weighted by Gasteiger charge is 2.04. The molecule has 0 aliphatic carbocycles. The van der Waals surface area contributed by atoms with E-state index < -0.39 is 0 Å². The van der Waals surface area contributed by atoms with Gasteiger partial charge in [0, 0.05) is 26.5 Å². The normalized spacial score (nSPS) is 11.2. The number of anilines is 2. The van der Waals surface area contributed by atoms with Gasteiger partial charge in [-0.25, -0.2) is 20.0 Å². The summed E-state index contributed by atoms with van der Waals surface area (Å²) < 4.78 is 0. The second kappa shape index (κ2) is 8.43. The molecule has 0 saturated carbocycles. The Morgan fingerprint density at radius 3 is 1.50 bits per heavy atom. The third-order valence-electron chi connectivity index (χ3n) is 3.39. The molecule has 26 heavy (non-hydrogen) atoms. The first-order valence-corrected chi connectivity index (χ1v) is 7.92. The first kappa shape index (κ1) is 17.2. The summed E-state index contributed by atoms with van der Waals surface area (Å²) in [6, 6.07) is 11.3. The summed E-state index contributed by atoms with van der Waals surface area (Å²) in [5.74, 6) is 1.23. The Hall–Kier alpha value is -3.68. The van der Waals surface area contributed by atoms with Gasteiger partial charge in [-0.05, 0) is 24.3 Å². The zero-order chi connectivity index (χ0) is 18.2. The third-order valence-corrected chi connectivity index (χ3v) is 3.39. The molecule has 0 bridgehead atoms. The quantitative estimate of drug-likeness (QED) is 0.503. The molecular weight excluding hydrogens is 328 g/mol. The third kappa shape index (κ3) is 4.67. The van der Waals surface area contributed by atoms with E-state index in [2.05, 4.69) is 30.1 Å². The highest BCUT2D eigenvalue weighted by atomic mass is 15.5. The van der Waals surface area contributed by atoms with Gasteiger partial charge in [0.05, 0.1) is 36.2 Å². The maximum atomic E-state index is 4.37. The molecule has 0 N–H and O–H groups in total. The molecule has 130 valence electrons. The Morgan fingerprint density at radius 2 is 1.15 bits per heavy atom. The van der Waals surface area contributed by atoms with Crippen molar-refractivity contribution in [1.29, 1.82) is 0 Å². The Balaban J connectivity index is 1.64. The summed E-state index contributed by atoms with van der Waals surface area (Å²) in [5.41, 5.74) is 1.54. The average Bonchev–Trinajstić information content (AvgIpc) is 2.72. The van der Waals surface area contributed by atoms with E-state index in [1.807, 2.05) is 36.4 Å². The van der Waals surface area contributed by atoms with E-state index in [1.165, 1.54) is 0 Å². The second-order valence-corrected chi connectivity index (χ2v) is 5.28. The van der Waals surface area contributed by atoms with Crippen molar-refractivity contribution in [2.45, 2.75) is 0 Å². The first-order chi connectivity index (χ1) is 12.7. The molecule has 0 spiro atoms. The monoisotopic (exact) mass is 346 g/mol. The lowest BCUT2D eigenvalue weighted by Gasteiger charge is -2.14. The summed E-state index contributed by atoms with van der Waals surface area (Å²) in [4.78, 5) is 17.1. The van der Waals surface area contributed by atoms with Crippen molar-refractivity contribution in [2.24, 2.45) is 10.2 Å². The number of pyridine rings is 2. The molecule has 3 aromatic heterocycles. The lowest BCUT2D eigenvalue weighted by atomic mass is 10.4. The zero-order valence-electron chi connectivity index (χ0n) is 14.5. The minimum Gasteiger partial charge on any atom is -0.255 e. The topological polar surface area (TPSA) is 82.8 Å². The molecule has 3 rings (SSSR count). The van der Waals surface area contributed by atoms with E-state index in [1.54, 1.807) is 61.3 Å². The molecule has 0 fully saturated rings. The van der Waals surface area contributed by atoms with E-state index in [0.717, 1.165) is 11.4 Å². The van der Waals surface area contributed by atoms with E-state index in [9.17, 15) is 0 Å². The lowest BCUT2D eigenvalue weighted by Crippen LogP contribution is -2.14. The Labute approximate surface area is 151 Å². The first-order valence-electron chi connectivity index (χ1n) is 7.92. The highest BCUT2D eigenvalue weighted by molar-refractivity contribution is 5.78. The van der Waals surface area contributed by atoms with Crippen LogP contribution in [0.5, 0.6) is 0 Å². The van der Waals surface area contributed by atoms with E-state index >= 15 is 0 Å². The molecule has 3 aromatic rings. The van der Waals surface area contributed by atoms with Crippen LogP contribution in [0.25, 0.3) is 0 Å². The minimum atomic E-state index is 0.614. The van der Waals surface area contributed by atoms with Crippen LogP contribution in [0.4, 0.5) is 11.6 Å². The van der Waals surface area contributed by atoms with Crippen molar-refractivity contribution in [1.82, 2.24) is 19.9 Å². The van der Waals surface area contributed by atoms with Gasteiger partial charge in [0.2, 0.25) is 0 Å². The number of rotatable bonds is 6. The standard InChI is InChI=1S/C18H18N8/c1-25(23-11-15-7-3-5-9-19-15)17-13-22-18(14-21-17)26(2)24-12-16-8-4-6-10-20-16/h3-14H,1-2H3/b23-11+,24-12+. The van der Waals surface area contributed by atoms with Gasteiger partial charge in [0.25, 0.3) is 0 Å². The highest BCUT2D eigenvalue weighted by Crippen LogP contribution is 2.12. The van der Waals surface area contributed by atoms with Crippen LogP contribution in [0.2, 0.25) is 0 Å². The summed E-state index contributed by atoms with van der Waals surface area (Å²) in [5, 5.41) is 11.9. The fraction of sp³-hybridized carbons (Fsp3) is 0.111. The number of hydrazone groups is 2. The minimum absolute atomic E-state index is 0.614. The SMILES string of the molecule is CN(/N=C/c1ccccn1)c1cnc(N(C)/N=C/c2ccccn2)cn1. The van der Waals surface area contributed by atoms with Crippen LogP contribution < -0.4 is 10.0 Å². The predicted molar refractivity (Wildman–Crippen MR) is 103 cm³/mol. The average molecular weight is 346 g/mol. The molecule has 3 heterocycles. The van der Waals surface area contributed by atoms with Gasteiger partial charge in [0.1, 0.15) is 0 Å². The van der Waals surface area contributed by atoms with E-state index in [4.69, 9.17) is 0 Å². The maximum absolute atomic E-state index is 4.37. The van der Waals surface area contributed by atoms with Crippen LogP contribution in [0, 0.1) is 0 Å². The van der Waals surface area contributed by atoms with Crippen molar-refractivity contribution in [3.05, 3.63) is 72.6 Å². The Morgan fingerprint density at radius 1 is 0.692 bits per heavy atom. The van der Waals surface area contributed by atoms with Crippen LogP contribution >= 0.6 is 0 Å². The van der Waals surface area contributed by atoms with Crippen molar-refractivity contribution in [3.8, 4) is 0 Å². The second-order valence-electron chi connectivity index (χ2n) is 5.28. The van der Waals surface area contributed by atoms with Crippen LogP contribution in [0.15, 0.2) is 71.4 Å². The zero-order valence-corrected chi connectivity index (χ0v) is 14.5. The van der Waals surface area contributed by atoms with Crippen LogP contribution in [0.3, 0.4) is 0 Å². The number of hydrogen-bond acceptors (Lipinski definition) is 8. The smallest absolute Gasteiger partial charge is 0.167 e. The van der Waals surface area contributed by atoms with Gasteiger partial charge in [-0.2, -0.15) is 10.2 Å². The van der Waals surface area contributed by atoms with Gasteiger partial charge in [0.15, 0.2) is 11.6 Å². The van der Waals surface area contributed by atoms with Crippen molar-refractivity contribution in [3.63, 3.8) is 0 Å². The maximum Gasteiger partial charge on any atom is 0.167 e. The molecular formula is C18H18N8. The molecule has 0 atom stereocenters. The van der Waals surface area contributed by atoms with Gasteiger partial charge in [-0.3, -0.25) is 9.97 Å².